The molecule has 3 aromatic rings. The van der Waals surface area contributed by atoms with Crippen LogP contribution in [0, 0.1) is 0 Å². The first-order chi connectivity index (χ1) is 16.7. The van der Waals surface area contributed by atoms with E-state index in [1.807, 2.05) is 91.0 Å². The van der Waals surface area contributed by atoms with Gasteiger partial charge in [0.1, 0.15) is 24.4 Å². The number of benzene rings is 3. The third-order valence-corrected chi connectivity index (χ3v) is 5.82. The van der Waals surface area contributed by atoms with Crippen molar-refractivity contribution in [2.45, 2.75) is 50.5 Å². The molecule has 6 heteroatoms. The van der Waals surface area contributed by atoms with Crippen molar-refractivity contribution in [2.24, 2.45) is 0 Å². The fourth-order valence-electron chi connectivity index (χ4n) is 3.99. The minimum Gasteiger partial charge on any atom is -0.387 e. The van der Waals surface area contributed by atoms with E-state index in [-0.39, 0.29) is 6.61 Å². The number of ether oxygens (including phenoxy) is 5. The second kappa shape index (κ2) is 12.8. The Morgan fingerprint density at radius 1 is 0.676 bits per heavy atom. The van der Waals surface area contributed by atoms with Gasteiger partial charge in [-0.3, -0.25) is 0 Å². The number of hydrogen-bond acceptors (Lipinski definition) is 6. The Hall–Kier alpha value is -2.58. The quantitative estimate of drug-likeness (QED) is 0.461. The molecule has 0 radical (unpaired) electrons. The maximum Gasteiger partial charge on any atom is 0.186 e. The van der Waals surface area contributed by atoms with E-state index < -0.39 is 30.7 Å². The first-order valence-corrected chi connectivity index (χ1v) is 11.5. The number of aliphatic hydroxyl groups is 1. The molecule has 6 nitrogen and oxygen atoms in total. The molecule has 180 valence electrons. The summed E-state index contributed by atoms with van der Waals surface area (Å²) in [5, 5.41) is 11.2. The molecule has 1 fully saturated rings. The molecule has 1 N–H and O–H groups in total. The molecule has 0 amide bonds. The Labute approximate surface area is 201 Å². The molecular formula is C28H32O6. The van der Waals surface area contributed by atoms with Crippen LogP contribution in [-0.4, -0.2) is 49.5 Å². The second-order valence-corrected chi connectivity index (χ2v) is 8.29. The van der Waals surface area contributed by atoms with E-state index >= 15 is 0 Å². The molecule has 1 aliphatic rings. The van der Waals surface area contributed by atoms with Crippen molar-refractivity contribution in [2.75, 3.05) is 13.7 Å². The maximum atomic E-state index is 11.2. The fourth-order valence-corrected chi connectivity index (χ4v) is 3.99. The molecule has 4 rings (SSSR count). The summed E-state index contributed by atoms with van der Waals surface area (Å²) in [6, 6.07) is 29.6. The molecule has 1 aliphatic heterocycles. The molecule has 1 heterocycles. The Morgan fingerprint density at radius 3 is 1.65 bits per heavy atom. The number of hydrogen-bond donors (Lipinski definition) is 1. The minimum absolute atomic E-state index is 0.201. The molecule has 2 unspecified atom stereocenters. The molecule has 3 aromatic carbocycles. The zero-order valence-electron chi connectivity index (χ0n) is 19.4. The minimum atomic E-state index is -0.952. The molecule has 0 saturated carbocycles. The fraction of sp³-hybridized carbons (Fsp3) is 0.357. The van der Waals surface area contributed by atoms with E-state index in [9.17, 15) is 5.11 Å². The summed E-state index contributed by atoms with van der Waals surface area (Å²) in [7, 11) is 1.57. The monoisotopic (exact) mass is 464 g/mol. The summed E-state index contributed by atoms with van der Waals surface area (Å²) in [5.74, 6) is 0. The van der Waals surface area contributed by atoms with Crippen molar-refractivity contribution >= 4 is 0 Å². The SMILES string of the molecule is CO[C@H]1OC(COCc2ccccc2)[C@H](O)[C@@H](OCc2ccccc2)C1OCc1ccccc1. The predicted octanol–water partition coefficient (Wildman–Crippen LogP) is 4.11. The Kier molecular flexibility index (Phi) is 9.21. The highest BCUT2D eigenvalue weighted by Crippen LogP contribution is 2.28. The van der Waals surface area contributed by atoms with Crippen LogP contribution in [0.1, 0.15) is 16.7 Å². The van der Waals surface area contributed by atoms with Crippen molar-refractivity contribution in [1.29, 1.82) is 0 Å². The molecular weight excluding hydrogens is 432 g/mol. The Morgan fingerprint density at radius 2 is 1.15 bits per heavy atom. The lowest BCUT2D eigenvalue weighted by molar-refractivity contribution is -0.315. The van der Waals surface area contributed by atoms with Crippen LogP contribution >= 0.6 is 0 Å². The molecule has 0 aromatic heterocycles. The molecule has 0 spiro atoms. The highest BCUT2D eigenvalue weighted by atomic mass is 16.7. The van der Waals surface area contributed by atoms with Crippen LogP contribution in [0.2, 0.25) is 0 Å². The van der Waals surface area contributed by atoms with Gasteiger partial charge in [-0.2, -0.15) is 0 Å². The lowest BCUT2D eigenvalue weighted by Gasteiger charge is -2.43. The van der Waals surface area contributed by atoms with Crippen LogP contribution in [-0.2, 0) is 43.5 Å². The predicted molar refractivity (Wildman–Crippen MR) is 128 cm³/mol. The van der Waals surface area contributed by atoms with Gasteiger partial charge in [0.05, 0.1) is 26.4 Å². The lowest BCUT2D eigenvalue weighted by Crippen LogP contribution is -2.60. The average Bonchev–Trinajstić information content (AvgIpc) is 2.89. The van der Waals surface area contributed by atoms with E-state index in [1.54, 1.807) is 7.11 Å². The Balaban J connectivity index is 1.44. The van der Waals surface area contributed by atoms with Crippen molar-refractivity contribution in [3.63, 3.8) is 0 Å². The van der Waals surface area contributed by atoms with Gasteiger partial charge in [-0.1, -0.05) is 91.0 Å². The van der Waals surface area contributed by atoms with Gasteiger partial charge in [0.25, 0.3) is 0 Å². The van der Waals surface area contributed by atoms with Gasteiger partial charge >= 0.3 is 0 Å². The third kappa shape index (κ3) is 6.73. The normalized spacial score (nSPS) is 24.7. The summed E-state index contributed by atoms with van der Waals surface area (Å²) in [6.45, 7) is 1.31. The van der Waals surface area contributed by atoms with Crippen molar-refractivity contribution in [3.8, 4) is 0 Å². The van der Waals surface area contributed by atoms with E-state index in [0.717, 1.165) is 16.7 Å². The highest BCUT2D eigenvalue weighted by Gasteiger charge is 2.47. The van der Waals surface area contributed by atoms with Crippen LogP contribution in [0.3, 0.4) is 0 Å². The maximum absolute atomic E-state index is 11.2. The van der Waals surface area contributed by atoms with Crippen molar-refractivity contribution in [1.82, 2.24) is 0 Å². The standard InChI is InChI=1S/C28H32O6/c1-30-28-27(33-19-23-15-9-4-10-16-23)26(32-18-22-13-7-3-8-14-22)25(29)24(34-28)20-31-17-21-11-5-2-6-12-21/h2-16,24-29H,17-20H2,1H3/t24?,25-,26+,27?,28-/m0/s1. The summed E-state index contributed by atoms with van der Waals surface area (Å²) >= 11 is 0. The van der Waals surface area contributed by atoms with Crippen LogP contribution in [0.25, 0.3) is 0 Å². The van der Waals surface area contributed by atoms with E-state index in [4.69, 9.17) is 23.7 Å². The van der Waals surface area contributed by atoms with Gasteiger partial charge in [-0.05, 0) is 16.7 Å². The third-order valence-electron chi connectivity index (χ3n) is 5.82. The largest absolute Gasteiger partial charge is 0.387 e. The van der Waals surface area contributed by atoms with Crippen molar-refractivity contribution < 1.29 is 28.8 Å². The summed E-state index contributed by atoms with van der Waals surface area (Å²) in [6.07, 6.45) is -3.56. The number of rotatable bonds is 11. The van der Waals surface area contributed by atoms with E-state index in [0.29, 0.717) is 19.8 Å². The van der Waals surface area contributed by atoms with Crippen LogP contribution in [0.4, 0.5) is 0 Å². The first kappa shape index (κ1) is 24.5. The summed E-state index contributed by atoms with van der Waals surface area (Å²) in [4.78, 5) is 0. The van der Waals surface area contributed by atoms with Gasteiger partial charge in [-0.25, -0.2) is 0 Å². The summed E-state index contributed by atoms with van der Waals surface area (Å²) < 4.78 is 30.0. The van der Waals surface area contributed by atoms with E-state index in [1.165, 1.54) is 0 Å². The van der Waals surface area contributed by atoms with Gasteiger partial charge in [0.2, 0.25) is 0 Å². The lowest BCUT2D eigenvalue weighted by atomic mass is 9.98. The van der Waals surface area contributed by atoms with Crippen LogP contribution < -0.4 is 0 Å². The van der Waals surface area contributed by atoms with Crippen LogP contribution in [0.5, 0.6) is 0 Å². The second-order valence-electron chi connectivity index (χ2n) is 8.29. The zero-order valence-corrected chi connectivity index (χ0v) is 19.4. The molecule has 34 heavy (non-hydrogen) atoms. The topological polar surface area (TPSA) is 66.4 Å². The smallest absolute Gasteiger partial charge is 0.186 e. The molecule has 5 atom stereocenters. The van der Waals surface area contributed by atoms with Gasteiger partial charge in [0.15, 0.2) is 6.29 Å². The highest BCUT2D eigenvalue weighted by molar-refractivity contribution is 5.15. The first-order valence-electron chi connectivity index (χ1n) is 11.5. The molecule has 1 saturated heterocycles. The van der Waals surface area contributed by atoms with E-state index in [2.05, 4.69) is 0 Å². The average molecular weight is 465 g/mol. The van der Waals surface area contributed by atoms with Gasteiger partial charge in [-0.15, -0.1) is 0 Å². The molecule has 0 aliphatic carbocycles. The Bertz CT molecular complexity index is 952. The van der Waals surface area contributed by atoms with Gasteiger partial charge < -0.3 is 28.8 Å². The van der Waals surface area contributed by atoms with Crippen LogP contribution in [0.15, 0.2) is 91.0 Å². The summed E-state index contributed by atoms with van der Waals surface area (Å²) in [5.41, 5.74) is 3.08. The number of methoxy groups -OCH3 is 1. The number of aliphatic hydroxyl groups excluding tert-OH is 1. The zero-order chi connectivity index (χ0) is 23.6. The molecule has 0 bridgehead atoms. The van der Waals surface area contributed by atoms with Crippen molar-refractivity contribution in [3.05, 3.63) is 108 Å². The van der Waals surface area contributed by atoms with Gasteiger partial charge in [0, 0.05) is 7.11 Å².